The van der Waals surface area contributed by atoms with Gasteiger partial charge in [-0.05, 0) is 37.8 Å². The van der Waals surface area contributed by atoms with Crippen LogP contribution in [0.5, 0.6) is 0 Å². The van der Waals surface area contributed by atoms with Crippen LogP contribution in [0.1, 0.15) is 38.2 Å². The highest BCUT2D eigenvalue weighted by atomic mass is 19.1. The molecule has 1 saturated carbocycles. The van der Waals surface area contributed by atoms with Crippen molar-refractivity contribution < 1.29 is 4.39 Å². The summed E-state index contributed by atoms with van der Waals surface area (Å²) in [6, 6.07) is 5.78. The van der Waals surface area contributed by atoms with Crippen molar-refractivity contribution in [1.82, 2.24) is 0 Å². The minimum atomic E-state index is -0.117. The summed E-state index contributed by atoms with van der Waals surface area (Å²) in [6.07, 6.45) is 5.03. The Bertz CT molecular complexity index is 362. The lowest BCUT2D eigenvalue weighted by molar-refractivity contribution is 0.358. The van der Waals surface area contributed by atoms with Gasteiger partial charge in [0.15, 0.2) is 0 Å². The Hall–Kier alpha value is -1.05. The molecule has 0 spiro atoms. The molecule has 0 radical (unpaired) electrons. The molecule has 0 aliphatic heterocycles. The number of halogens is 1. The predicted octanol–water partition coefficient (Wildman–Crippen LogP) is 4.12. The van der Waals surface area contributed by atoms with Crippen molar-refractivity contribution in [3.63, 3.8) is 0 Å². The Balaban J connectivity index is 2.05. The zero-order chi connectivity index (χ0) is 11.5. The Labute approximate surface area is 97.1 Å². The molecular formula is C14H20FN. The summed E-state index contributed by atoms with van der Waals surface area (Å²) < 4.78 is 13.4. The van der Waals surface area contributed by atoms with Crippen molar-refractivity contribution in [3.8, 4) is 0 Å². The van der Waals surface area contributed by atoms with Gasteiger partial charge in [0.25, 0.3) is 0 Å². The molecule has 0 aromatic heterocycles. The second-order valence-corrected chi connectivity index (χ2v) is 5.03. The molecule has 1 aliphatic carbocycles. The van der Waals surface area contributed by atoms with Gasteiger partial charge in [0.2, 0.25) is 0 Å². The minimum Gasteiger partial charge on any atom is -0.382 e. The summed E-state index contributed by atoms with van der Waals surface area (Å²) in [5.74, 6) is 0.675. The summed E-state index contributed by atoms with van der Waals surface area (Å²) in [7, 11) is 0. The van der Waals surface area contributed by atoms with Crippen LogP contribution in [0.4, 0.5) is 10.1 Å². The van der Waals surface area contributed by atoms with Gasteiger partial charge in [0.1, 0.15) is 5.82 Å². The summed E-state index contributed by atoms with van der Waals surface area (Å²) in [5, 5.41) is 3.48. The lowest BCUT2D eigenvalue weighted by Crippen LogP contribution is -2.26. The van der Waals surface area contributed by atoms with E-state index in [-0.39, 0.29) is 5.82 Å². The number of hydrogen-bond acceptors (Lipinski definition) is 1. The number of nitrogens with one attached hydrogen (secondary N) is 1. The number of hydrogen-bond donors (Lipinski definition) is 1. The van der Waals surface area contributed by atoms with Gasteiger partial charge < -0.3 is 5.32 Å². The Kier molecular flexibility index (Phi) is 3.47. The van der Waals surface area contributed by atoms with Crippen molar-refractivity contribution in [1.29, 1.82) is 0 Å². The number of rotatable bonds is 2. The van der Waals surface area contributed by atoms with Crippen LogP contribution in [0.2, 0.25) is 0 Å². The van der Waals surface area contributed by atoms with Crippen LogP contribution < -0.4 is 5.32 Å². The highest BCUT2D eigenvalue weighted by Crippen LogP contribution is 2.27. The van der Waals surface area contributed by atoms with E-state index in [1.807, 2.05) is 13.0 Å². The third kappa shape index (κ3) is 2.55. The third-order valence-corrected chi connectivity index (χ3v) is 3.56. The van der Waals surface area contributed by atoms with Gasteiger partial charge in [-0.2, -0.15) is 0 Å². The van der Waals surface area contributed by atoms with Crippen LogP contribution in [0.25, 0.3) is 0 Å². The van der Waals surface area contributed by atoms with E-state index in [1.165, 1.54) is 31.7 Å². The number of anilines is 1. The van der Waals surface area contributed by atoms with Crippen molar-refractivity contribution in [2.24, 2.45) is 5.92 Å². The summed E-state index contributed by atoms with van der Waals surface area (Å²) in [4.78, 5) is 0. The van der Waals surface area contributed by atoms with E-state index in [2.05, 4.69) is 12.2 Å². The molecule has 0 heterocycles. The zero-order valence-electron chi connectivity index (χ0n) is 10.1. The van der Waals surface area contributed by atoms with Crippen molar-refractivity contribution in [3.05, 3.63) is 29.6 Å². The van der Waals surface area contributed by atoms with E-state index in [9.17, 15) is 4.39 Å². The third-order valence-electron chi connectivity index (χ3n) is 3.56. The van der Waals surface area contributed by atoms with E-state index >= 15 is 0 Å². The molecule has 2 heteroatoms. The van der Waals surface area contributed by atoms with E-state index in [0.29, 0.717) is 6.04 Å². The smallest absolute Gasteiger partial charge is 0.128 e. The van der Waals surface area contributed by atoms with Crippen LogP contribution in [-0.2, 0) is 0 Å². The molecule has 1 N–H and O–H groups in total. The first-order valence-corrected chi connectivity index (χ1v) is 6.18. The van der Waals surface area contributed by atoms with Crippen molar-refractivity contribution in [2.45, 2.75) is 45.6 Å². The monoisotopic (exact) mass is 221 g/mol. The lowest BCUT2D eigenvalue weighted by atomic mass is 9.87. The average Bonchev–Trinajstić information content (AvgIpc) is 2.25. The highest BCUT2D eigenvalue weighted by Gasteiger charge is 2.19. The maximum absolute atomic E-state index is 13.4. The molecule has 1 aliphatic rings. The molecule has 2 rings (SSSR count). The Morgan fingerprint density at radius 2 is 2.12 bits per heavy atom. The van der Waals surface area contributed by atoms with E-state index in [4.69, 9.17) is 0 Å². The second kappa shape index (κ2) is 4.86. The van der Waals surface area contributed by atoms with E-state index < -0.39 is 0 Å². The van der Waals surface area contributed by atoms with Gasteiger partial charge >= 0.3 is 0 Å². The van der Waals surface area contributed by atoms with Gasteiger partial charge in [-0.3, -0.25) is 0 Å². The molecule has 1 aromatic rings. The van der Waals surface area contributed by atoms with Crippen molar-refractivity contribution in [2.75, 3.05) is 5.32 Å². The lowest BCUT2D eigenvalue weighted by Gasteiger charge is -2.28. The summed E-state index contributed by atoms with van der Waals surface area (Å²) in [5.41, 5.74) is 1.69. The fourth-order valence-electron chi connectivity index (χ4n) is 2.55. The van der Waals surface area contributed by atoms with Crippen LogP contribution in [-0.4, -0.2) is 6.04 Å². The first-order valence-electron chi connectivity index (χ1n) is 6.18. The predicted molar refractivity (Wildman–Crippen MR) is 66.2 cm³/mol. The summed E-state index contributed by atoms with van der Waals surface area (Å²) >= 11 is 0. The summed E-state index contributed by atoms with van der Waals surface area (Å²) in [6.45, 7) is 4.14. The second-order valence-electron chi connectivity index (χ2n) is 5.03. The number of benzene rings is 1. The van der Waals surface area contributed by atoms with E-state index in [0.717, 1.165) is 17.2 Å². The molecule has 2 atom stereocenters. The Morgan fingerprint density at radius 1 is 1.31 bits per heavy atom. The normalized spacial score (nSPS) is 25.4. The molecule has 2 unspecified atom stereocenters. The average molecular weight is 221 g/mol. The molecule has 1 aromatic carbocycles. The van der Waals surface area contributed by atoms with Gasteiger partial charge in [-0.15, -0.1) is 0 Å². The Morgan fingerprint density at radius 3 is 2.88 bits per heavy atom. The van der Waals surface area contributed by atoms with Gasteiger partial charge in [0.05, 0.1) is 0 Å². The van der Waals surface area contributed by atoms with Gasteiger partial charge in [0, 0.05) is 17.3 Å². The minimum absolute atomic E-state index is 0.117. The fraction of sp³-hybridized carbons (Fsp3) is 0.571. The molecule has 16 heavy (non-hydrogen) atoms. The topological polar surface area (TPSA) is 12.0 Å². The zero-order valence-corrected chi connectivity index (χ0v) is 10.1. The van der Waals surface area contributed by atoms with Gasteiger partial charge in [-0.1, -0.05) is 25.8 Å². The first kappa shape index (κ1) is 11.4. The molecule has 1 fully saturated rings. The van der Waals surface area contributed by atoms with Crippen LogP contribution >= 0.6 is 0 Å². The van der Waals surface area contributed by atoms with Crippen LogP contribution in [0.3, 0.4) is 0 Å². The maximum atomic E-state index is 13.4. The molecule has 88 valence electrons. The molecule has 1 nitrogen and oxygen atoms in total. The molecule has 0 bridgehead atoms. The quantitative estimate of drug-likeness (QED) is 0.792. The highest BCUT2D eigenvalue weighted by molar-refractivity contribution is 5.51. The van der Waals surface area contributed by atoms with Crippen LogP contribution in [0.15, 0.2) is 18.2 Å². The standard InChI is InChI=1S/C14H20FN/c1-10-5-3-6-12(9-10)16-14-8-4-7-13(15)11(14)2/h4,7-8,10,12,16H,3,5-6,9H2,1-2H3. The SMILES string of the molecule is Cc1c(F)cccc1NC1CCCC(C)C1. The van der Waals surface area contributed by atoms with Crippen LogP contribution in [0, 0.1) is 18.7 Å². The molecular weight excluding hydrogens is 201 g/mol. The maximum Gasteiger partial charge on any atom is 0.128 e. The molecule has 0 saturated heterocycles. The van der Waals surface area contributed by atoms with E-state index in [1.54, 1.807) is 6.07 Å². The first-order chi connectivity index (χ1) is 7.66. The van der Waals surface area contributed by atoms with Gasteiger partial charge in [-0.25, -0.2) is 4.39 Å². The van der Waals surface area contributed by atoms with Crippen molar-refractivity contribution >= 4 is 5.69 Å². The largest absolute Gasteiger partial charge is 0.382 e. The molecule has 0 amide bonds. The fourth-order valence-corrected chi connectivity index (χ4v) is 2.55.